The molecule has 10 rings (SSSR count). The van der Waals surface area contributed by atoms with Gasteiger partial charge in [-0.2, -0.15) is 0 Å². The van der Waals surface area contributed by atoms with Crippen LogP contribution in [-0.4, -0.2) is 19.1 Å². The van der Waals surface area contributed by atoms with Crippen LogP contribution in [0, 0.1) is 0 Å². The summed E-state index contributed by atoms with van der Waals surface area (Å²) in [5, 5.41) is 5.11. The molecular formula is C62H62N4. The Labute approximate surface area is 391 Å². The van der Waals surface area contributed by atoms with Crippen molar-refractivity contribution in [3.05, 3.63) is 181 Å². The molecule has 6 aromatic carbocycles. The van der Waals surface area contributed by atoms with Crippen LogP contribution < -0.4 is 0 Å². The maximum absolute atomic E-state index is 4.90. The molecule has 0 radical (unpaired) electrons. The molecule has 0 bridgehead atoms. The van der Waals surface area contributed by atoms with Gasteiger partial charge >= 0.3 is 0 Å². The van der Waals surface area contributed by atoms with E-state index < -0.39 is 0 Å². The number of rotatable bonds is 5. The molecule has 0 aliphatic rings. The Morgan fingerprint density at radius 3 is 0.864 bits per heavy atom. The van der Waals surface area contributed by atoms with Crippen LogP contribution in [0.1, 0.15) is 105 Å². The molecule has 0 spiro atoms. The van der Waals surface area contributed by atoms with Crippen molar-refractivity contribution in [3.63, 3.8) is 0 Å². The minimum absolute atomic E-state index is 0.0283. The van der Waals surface area contributed by atoms with Crippen LogP contribution in [0.2, 0.25) is 0 Å². The number of fused-ring (bicyclic) bond motifs is 6. The average Bonchev–Trinajstić information content (AvgIpc) is 3.79. The van der Waals surface area contributed by atoms with Crippen molar-refractivity contribution < 1.29 is 0 Å². The second-order valence-corrected chi connectivity index (χ2v) is 22.6. The third kappa shape index (κ3) is 7.51. The summed E-state index contributed by atoms with van der Waals surface area (Å²) in [4.78, 5) is 9.80. The van der Waals surface area contributed by atoms with Gasteiger partial charge in [-0.1, -0.05) is 144 Å². The average molecular weight is 863 g/mol. The van der Waals surface area contributed by atoms with Gasteiger partial charge in [0.05, 0.1) is 33.4 Å². The lowest BCUT2D eigenvalue weighted by Crippen LogP contribution is -2.10. The first-order chi connectivity index (χ1) is 31.3. The summed E-state index contributed by atoms with van der Waals surface area (Å²) < 4.78 is 4.90. The van der Waals surface area contributed by atoms with E-state index in [2.05, 4.69) is 226 Å². The van der Waals surface area contributed by atoms with E-state index in [0.29, 0.717) is 0 Å². The number of hydrogen-bond acceptors (Lipinski definition) is 2. The first-order valence-electron chi connectivity index (χ1n) is 23.5. The van der Waals surface area contributed by atoms with Crippen molar-refractivity contribution in [1.29, 1.82) is 0 Å². The minimum Gasteiger partial charge on any atom is -0.309 e. The van der Waals surface area contributed by atoms with E-state index in [1.54, 1.807) is 0 Å². The topological polar surface area (TPSA) is 35.6 Å². The maximum atomic E-state index is 4.90. The van der Waals surface area contributed by atoms with Gasteiger partial charge in [-0.05, 0) is 117 Å². The normalized spacial score (nSPS) is 12.8. The number of aromatic nitrogens is 4. The fraction of sp³-hybridized carbons (Fsp3) is 0.258. The third-order valence-corrected chi connectivity index (χ3v) is 13.7. The largest absolute Gasteiger partial charge is 0.309 e. The summed E-state index contributed by atoms with van der Waals surface area (Å²) in [6.45, 7) is 27.5. The Hall–Kier alpha value is -6.78. The molecule has 0 saturated carbocycles. The number of nitrogens with zero attached hydrogens (tertiary/aromatic N) is 4. The molecule has 4 nitrogen and oxygen atoms in total. The van der Waals surface area contributed by atoms with Crippen LogP contribution in [-0.2, 0) is 21.7 Å². The van der Waals surface area contributed by atoms with E-state index in [1.165, 1.54) is 65.9 Å². The zero-order valence-electron chi connectivity index (χ0n) is 40.8. The van der Waals surface area contributed by atoms with E-state index in [4.69, 9.17) is 9.97 Å². The van der Waals surface area contributed by atoms with Crippen molar-refractivity contribution in [2.45, 2.75) is 105 Å². The second-order valence-electron chi connectivity index (χ2n) is 22.6. The summed E-state index contributed by atoms with van der Waals surface area (Å²) >= 11 is 0. The van der Waals surface area contributed by atoms with Crippen LogP contribution in [0.4, 0.5) is 0 Å². The number of hydrogen-bond donors (Lipinski definition) is 0. The summed E-state index contributed by atoms with van der Waals surface area (Å²) in [7, 11) is 0. The fourth-order valence-corrected chi connectivity index (χ4v) is 9.75. The van der Waals surface area contributed by atoms with Crippen molar-refractivity contribution in [1.82, 2.24) is 19.1 Å². The van der Waals surface area contributed by atoms with Crippen LogP contribution >= 0.6 is 0 Å². The van der Waals surface area contributed by atoms with Crippen LogP contribution in [0.5, 0.6) is 0 Å². The monoisotopic (exact) mass is 862 g/mol. The number of para-hydroxylation sites is 2. The predicted molar refractivity (Wildman–Crippen MR) is 282 cm³/mol. The van der Waals surface area contributed by atoms with Gasteiger partial charge in [0.15, 0.2) is 0 Å². The van der Waals surface area contributed by atoms with E-state index >= 15 is 0 Å². The molecule has 66 heavy (non-hydrogen) atoms. The molecule has 0 fully saturated rings. The lowest BCUT2D eigenvalue weighted by molar-refractivity contribution is 0.590. The summed E-state index contributed by atoms with van der Waals surface area (Å²) in [6.07, 6.45) is 7.93. The van der Waals surface area contributed by atoms with E-state index in [1.807, 2.05) is 24.8 Å². The molecular weight excluding hydrogens is 801 g/mol. The fourth-order valence-electron chi connectivity index (χ4n) is 9.75. The van der Waals surface area contributed by atoms with Crippen molar-refractivity contribution in [2.24, 2.45) is 0 Å². The van der Waals surface area contributed by atoms with Crippen LogP contribution in [0.15, 0.2) is 158 Å². The van der Waals surface area contributed by atoms with Gasteiger partial charge in [-0.25, -0.2) is 0 Å². The predicted octanol–water partition coefficient (Wildman–Crippen LogP) is 16.9. The first-order valence-corrected chi connectivity index (χ1v) is 23.5. The smallest absolute Gasteiger partial charge is 0.0541 e. The molecule has 0 saturated heterocycles. The van der Waals surface area contributed by atoms with E-state index in [9.17, 15) is 0 Å². The molecule has 0 unspecified atom stereocenters. The maximum Gasteiger partial charge on any atom is 0.0541 e. The lowest BCUT2D eigenvalue weighted by atomic mass is 9.85. The summed E-state index contributed by atoms with van der Waals surface area (Å²) in [5.74, 6) is 0. The standard InChI is InChI=1S/C62H62N4/c1-59(2,3)43-21-25-55-49(31-43)50-32-44(60(4,5)6)22-26-56(50)65(55)53-19-15-13-17-47(53)41-29-39(35-63-37-41)40-30-42(38-64-36-40)48-18-14-16-20-54(48)66-57-27-23-45(61(7,8)9)33-51(57)52-34-46(62(10,11)12)24-28-58(52)66/h13-38H,1-12H3. The third-order valence-electron chi connectivity index (χ3n) is 13.7. The summed E-state index contributed by atoms with van der Waals surface area (Å²) in [5.41, 5.74) is 18.9. The molecule has 0 N–H and O–H groups in total. The number of benzene rings is 6. The van der Waals surface area contributed by atoms with Gasteiger partial charge in [-0.3, -0.25) is 9.97 Å². The van der Waals surface area contributed by atoms with Crippen molar-refractivity contribution in [3.8, 4) is 44.8 Å². The second kappa shape index (κ2) is 15.4. The van der Waals surface area contributed by atoms with Crippen LogP contribution in [0.3, 0.4) is 0 Å². The molecule has 0 aliphatic heterocycles. The lowest BCUT2D eigenvalue weighted by Gasteiger charge is -2.19. The summed E-state index contributed by atoms with van der Waals surface area (Å²) in [6, 6.07) is 50.2. The molecule has 4 heteroatoms. The molecule has 4 aromatic heterocycles. The Bertz CT molecular complexity index is 3130. The Morgan fingerprint density at radius 2 is 0.576 bits per heavy atom. The van der Waals surface area contributed by atoms with Crippen molar-refractivity contribution >= 4 is 43.6 Å². The zero-order chi connectivity index (χ0) is 46.5. The van der Waals surface area contributed by atoms with Gasteiger partial charge in [0.1, 0.15) is 0 Å². The number of pyridine rings is 2. The van der Waals surface area contributed by atoms with Crippen LogP contribution in [0.25, 0.3) is 88.4 Å². The molecule has 330 valence electrons. The highest BCUT2D eigenvalue weighted by Gasteiger charge is 2.24. The van der Waals surface area contributed by atoms with Gasteiger partial charge in [0, 0.05) is 79.7 Å². The SMILES string of the molecule is CC(C)(C)c1ccc2c(c1)c1cc(C(C)(C)C)ccc1n2-c1ccccc1-c1cncc(-c2cncc(-c3ccccc3-n3c4ccc(C(C)(C)C)cc4c4cc(C(C)(C)C)ccc43)c2)c1. The zero-order valence-corrected chi connectivity index (χ0v) is 40.8. The quantitative estimate of drug-likeness (QED) is 0.173. The van der Waals surface area contributed by atoms with E-state index in [0.717, 1.165) is 44.8 Å². The highest BCUT2D eigenvalue weighted by atomic mass is 15.0. The molecule has 0 amide bonds. The van der Waals surface area contributed by atoms with Gasteiger partial charge in [0.2, 0.25) is 0 Å². The van der Waals surface area contributed by atoms with Gasteiger partial charge in [0.25, 0.3) is 0 Å². The van der Waals surface area contributed by atoms with Gasteiger partial charge < -0.3 is 9.13 Å². The first kappa shape index (κ1) is 43.1. The van der Waals surface area contributed by atoms with E-state index in [-0.39, 0.29) is 21.7 Å². The molecule has 10 aromatic rings. The molecule has 0 aliphatic carbocycles. The Morgan fingerprint density at radius 1 is 0.303 bits per heavy atom. The Balaban J connectivity index is 1.10. The highest BCUT2D eigenvalue weighted by Crippen LogP contribution is 2.43. The van der Waals surface area contributed by atoms with Gasteiger partial charge in [-0.15, -0.1) is 0 Å². The van der Waals surface area contributed by atoms with Crippen molar-refractivity contribution in [2.75, 3.05) is 0 Å². The molecule has 0 atom stereocenters. The minimum atomic E-state index is 0.0283. The highest BCUT2D eigenvalue weighted by molar-refractivity contribution is 6.11. The molecule has 4 heterocycles. The Kier molecular flexibility index (Phi) is 10.1.